The van der Waals surface area contributed by atoms with Gasteiger partial charge in [-0.15, -0.1) is 0 Å². The van der Waals surface area contributed by atoms with Gasteiger partial charge in [-0.25, -0.2) is 8.42 Å². The lowest BCUT2D eigenvalue weighted by Gasteiger charge is -2.24. The zero-order valence-electron chi connectivity index (χ0n) is 18.7. The largest absolute Gasteiger partial charge is 0.349 e. The second-order valence-corrected chi connectivity index (χ2v) is 10.4. The summed E-state index contributed by atoms with van der Waals surface area (Å²) in [5.74, 6) is 0.388. The summed E-state index contributed by atoms with van der Waals surface area (Å²) in [6.45, 7) is 8.44. The number of aryl methyl sites for hydroxylation is 2. The van der Waals surface area contributed by atoms with Crippen LogP contribution in [0.15, 0.2) is 48.5 Å². The molecule has 0 radical (unpaired) electrons. The quantitative estimate of drug-likeness (QED) is 0.591. The number of carbonyl (C=O) groups excluding carboxylic acids is 1. The summed E-state index contributed by atoms with van der Waals surface area (Å²) in [5, 5.41) is 3.13. The minimum absolute atomic E-state index is 0.0378. The molecule has 6 heteroatoms. The van der Waals surface area contributed by atoms with Crippen molar-refractivity contribution >= 4 is 21.6 Å². The van der Waals surface area contributed by atoms with Crippen LogP contribution >= 0.6 is 0 Å². The van der Waals surface area contributed by atoms with Crippen molar-refractivity contribution in [3.63, 3.8) is 0 Å². The van der Waals surface area contributed by atoms with Gasteiger partial charge in [0.15, 0.2) is 0 Å². The van der Waals surface area contributed by atoms with Gasteiger partial charge in [-0.3, -0.25) is 9.10 Å². The fourth-order valence-corrected chi connectivity index (χ4v) is 4.61. The highest BCUT2D eigenvalue weighted by atomic mass is 32.2. The van der Waals surface area contributed by atoms with Crippen molar-refractivity contribution in [3.05, 3.63) is 65.2 Å². The second kappa shape index (κ2) is 10.6. The van der Waals surface area contributed by atoms with E-state index < -0.39 is 10.0 Å². The standard InChI is InChI=1S/C24H34N2O3S/c1-18(2)14-23(21-10-7-6-8-11-21)25-24(27)12-9-13-26(30(5,28)29)22-16-19(3)15-20(4)17-22/h6-8,10-11,15-18,23H,9,12-14H2,1-5H3,(H,25,27)/t23-/m1/s1. The van der Waals surface area contributed by atoms with Crippen molar-refractivity contribution in [3.8, 4) is 0 Å². The fraction of sp³-hybridized carbons (Fsp3) is 0.458. The Morgan fingerprint density at radius 1 is 1.03 bits per heavy atom. The highest BCUT2D eigenvalue weighted by Gasteiger charge is 2.20. The molecular formula is C24H34N2O3S. The molecule has 0 aromatic heterocycles. The average Bonchev–Trinajstić information content (AvgIpc) is 2.63. The van der Waals surface area contributed by atoms with Crippen LogP contribution in [0.4, 0.5) is 5.69 Å². The predicted octanol–water partition coefficient (Wildman–Crippen LogP) is 4.75. The lowest BCUT2D eigenvalue weighted by molar-refractivity contribution is -0.122. The SMILES string of the molecule is Cc1cc(C)cc(N(CCCC(=O)N[C@H](CC(C)C)c2ccccc2)S(C)(=O)=O)c1. The van der Waals surface area contributed by atoms with E-state index in [1.54, 1.807) is 0 Å². The van der Waals surface area contributed by atoms with Crippen LogP contribution in [0.1, 0.15) is 55.8 Å². The van der Waals surface area contributed by atoms with E-state index in [1.807, 2.05) is 62.4 Å². The zero-order valence-corrected chi connectivity index (χ0v) is 19.5. The maximum absolute atomic E-state index is 12.6. The molecular weight excluding hydrogens is 396 g/mol. The summed E-state index contributed by atoms with van der Waals surface area (Å²) >= 11 is 0. The Kier molecular flexibility index (Phi) is 8.47. The zero-order chi connectivity index (χ0) is 22.3. The molecule has 0 saturated heterocycles. The molecule has 1 amide bonds. The van der Waals surface area contributed by atoms with E-state index in [0.717, 1.165) is 23.1 Å². The number of sulfonamides is 1. The Morgan fingerprint density at radius 2 is 1.63 bits per heavy atom. The lowest BCUT2D eigenvalue weighted by Crippen LogP contribution is -2.33. The van der Waals surface area contributed by atoms with Gasteiger partial charge in [0.2, 0.25) is 15.9 Å². The molecule has 0 aliphatic rings. The molecule has 0 fully saturated rings. The molecule has 0 saturated carbocycles. The van der Waals surface area contributed by atoms with Crippen molar-refractivity contribution in [1.82, 2.24) is 5.32 Å². The molecule has 0 heterocycles. The molecule has 0 bridgehead atoms. The smallest absolute Gasteiger partial charge is 0.232 e. The minimum Gasteiger partial charge on any atom is -0.349 e. The van der Waals surface area contributed by atoms with E-state index in [-0.39, 0.29) is 24.9 Å². The molecule has 2 rings (SSSR count). The van der Waals surface area contributed by atoms with E-state index in [2.05, 4.69) is 19.2 Å². The molecule has 0 aliphatic heterocycles. The Morgan fingerprint density at radius 3 is 2.17 bits per heavy atom. The minimum atomic E-state index is -3.43. The van der Waals surface area contributed by atoms with E-state index in [9.17, 15) is 13.2 Å². The monoisotopic (exact) mass is 430 g/mol. The van der Waals surface area contributed by atoms with E-state index >= 15 is 0 Å². The summed E-state index contributed by atoms with van der Waals surface area (Å²) in [4.78, 5) is 12.6. The first-order valence-corrected chi connectivity index (χ1v) is 12.3. The van der Waals surface area contributed by atoms with Gasteiger partial charge in [-0.2, -0.15) is 0 Å². The maximum Gasteiger partial charge on any atom is 0.232 e. The van der Waals surface area contributed by atoms with Gasteiger partial charge in [-0.05, 0) is 61.4 Å². The van der Waals surface area contributed by atoms with Gasteiger partial charge >= 0.3 is 0 Å². The molecule has 2 aromatic carbocycles. The van der Waals surface area contributed by atoms with Gasteiger partial charge in [-0.1, -0.05) is 50.2 Å². The fourth-order valence-electron chi connectivity index (χ4n) is 3.67. The van der Waals surface area contributed by atoms with Crippen molar-refractivity contribution < 1.29 is 13.2 Å². The molecule has 2 aromatic rings. The summed E-state index contributed by atoms with van der Waals surface area (Å²) < 4.78 is 26.1. The lowest BCUT2D eigenvalue weighted by atomic mass is 9.97. The maximum atomic E-state index is 12.6. The molecule has 164 valence electrons. The summed E-state index contributed by atoms with van der Waals surface area (Å²) in [6, 6.07) is 15.7. The van der Waals surface area contributed by atoms with Gasteiger partial charge < -0.3 is 5.32 Å². The third-order valence-electron chi connectivity index (χ3n) is 4.90. The third-order valence-corrected chi connectivity index (χ3v) is 6.10. The Hall–Kier alpha value is -2.34. The highest BCUT2D eigenvalue weighted by Crippen LogP contribution is 2.23. The number of anilines is 1. The number of benzene rings is 2. The van der Waals surface area contributed by atoms with Crippen molar-refractivity contribution in [2.45, 2.75) is 53.0 Å². The number of amides is 1. The molecule has 1 N–H and O–H groups in total. The summed E-state index contributed by atoms with van der Waals surface area (Å²) in [5.41, 5.74) is 3.76. The van der Waals surface area contributed by atoms with Crippen LogP contribution < -0.4 is 9.62 Å². The second-order valence-electron chi connectivity index (χ2n) is 8.44. The molecule has 0 unspecified atom stereocenters. The number of rotatable bonds is 10. The van der Waals surface area contributed by atoms with Crippen LogP contribution in [0.5, 0.6) is 0 Å². The van der Waals surface area contributed by atoms with Gasteiger partial charge in [0.25, 0.3) is 0 Å². The Bertz CT molecular complexity index is 920. The number of nitrogens with one attached hydrogen (secondary N) is 1. The van der Waals surface area contributed by atoms with Crippen molar-refractivity contribution in [1.29, 1.82) is 0 Å². The Labute approximate surface area is 181 Å². The first-order valence-electron chi connectivity index (χ1n) is 10.5. The van der Waals surface area contributed by atoms with Crippen LogP contribution in [0.3, 0.4) is 0 Å². The molecule has 30 heavy (non-hydrogen) atoms. The van der Waals surface area contributed by atoms with Gasteiger partial charge in [0, 0.05) is 13.0 Å². The molecule has 1 atom stereocenters. The van der Waals surface area contributed by atoms with Crippen LogP contribution in [-0.4, -0.2) is 27.1 Å². The molecule has 0 spiro atoms. The Balaban J connectivity index is 2.02. The van der Waals surface area contributed by atoms with Crippen LogP contribution in [0.2, 0.25) is 0 Å². The topological polar surface area (TPSA) is 66.5 Å². The van der Waals surface area contributed by atoms with Crippen molar-refractivity contribution in [2.24, 2.45) is 5.92 Å². The first kappa shape index (κ1) is 23.9. The van der Waals surface area contributed by atoms with E-state index in [4.69, 9.17) is 0 Å². The highest BCUT2D eigenvalue weighted by molar-refractivity contribution is 7.92. The van der Waals surface area contributed by atoms with E-state index in [1.165, 1.54) is 10.6 Å². The van der Waals surface area contributed by atoms with Gasteiger partial charge in [0.1, 0.15) is 0 Å². The number of carbonyl (C=O) groups is 1. The van der Waals surface area contributed by atoms with Crippen LogP contribution in [0.25, 0.3) is 0 Å². The first-order chi connectivity index (χ1) is 14.1. The van der Waals surface area contributed by atoms with E-state index in [0.29, 0.717) is 18.0 Å². The van der Waals surface area contributed by atoms with Crippen molar-refractivity contribution in [2.75, 3.05) is 17.1 Å². The summed E-state index contributed by atoms with van der Waals surface area (Å²) in [6.07, 6.45) is 2.79. The third kappa shape index (κ3) is 7.48. The number of hydrogen-bond acceptors (Lipinski definition) is 3. The molecule has 0 aliphatic carbocycles. The van der Waals surface area contributed by atoms with Crippen LogP contribution in [0, 0.1) is 19.8 Å². The predicted molar refractivity (Wildman–Crippen MR) is 124 cm³/mol. The number of nitrogens with zero attached hydrogens (tertiary/aromatic N) is 1. The van der Waals surface area contributed by atoms with Gasteiger partial charge in [0.05, 0.1) is 18.0 Å². The average molecular weight is 431 g/mol. The molecule has 5 nitrogen and oxygen atoms in total. The van der Waals surface area contributed by atoms with Crippen LogP contribution in [-0.2, 0) is 14.8 Å². The normalized spacial score (nSPS) is 12.6. The summed E-state index contributed by atoms with van der Waals surface area (Å²) in [7, 11) is -3.43. The number of hydrogen-bond donors (Lipinski definition) is 1.